The zero-order valence-electron chi connectivity index (χ0n) is 9.68. The van der Waals surface area contributed by atoms with Crippen molar-refractivity contribution < 1.29 is 9.59 Å². The zero-order valence-corrected chi connectivity index (χ0v) is 10.5. The smallest absolute Gasteiger partial charge is 0.237 e. The van der Waals surface area contributed by atoms with Crippen LogP contribution in [0.25, 0.3) is 0 Å². The van der Waals surface area contributed by atoms with Crippen LogP contribution in [0.4, 0.5) is 0 Å². The van der Waals surface area contributed by atoms with Crippen molar-refractivity contribution in [1.29, 1.82) is 0 Å². The van der Waals surface area contributed by atoms with Crippen molar-refractivity contribution in [2.75, 3.05) is 0 Å². The third-order valence-electron chi connectivity index (χ3n) is 2.37. The quantitative estimate of drug-likeness (QED) is 0.691. The van der Waals surface area contributed by atoms with E-state index in [1.54, 1.807) is 11.3 Å². The first-order valence-corrected chi connectivity index (χ1v) is 6.30. The second-order valence-corrected chi connectivity index (χ2v) is 4.74. The Morgan fingerprint density at radius 1 is 1.53 bits per heavy atom. The number of amides is 2. The molecule has 0 spiro atoms. The monoisotopic (exact) mass is 255 g/mol. The molecule has 0 bridgehead atoms. The van der Waals surface area contributed by atoms with Crippen LogP contribution >= 0.6 is 11.3 Å². The van der Waals surface area contributed by atoms with Gasteiger partial charge in [-0.05, 0) is 17.9 Å². The molecular formula is C11H17N3O2S. The molecule has 0 saturated heterocycles. The fraction of sp³-hybridized carbons (Fsp3) is 0.455. The summed E-state index contributed by atoms with van der Waals surface area (Å²) >= 11 is 1.58. The Bertz CT molecular complexity index is 378. The molecule has 2 unspecified atom stereocenters. The average molecular weight is 255 g/mol. The topological polar surface area (TPSA) is 98.2 Å². The number of rotatable bonds is 6. The maximum Gasteiger partial charge on any atom is 0.237 e. The van der Waals surface area contributed by atoms with Gasteiger partial charge < -0.3 is 16.8 Å². The lowest BCUT2D eigenvalue weighted by atomic mass is 10.1. The van der Waals surface area contributed by atoms with E-state index in [9.17, 15) is 9.59 Å². The Morgan fingerprint density at radius 3 is 2.71 bits per heavy atom. The molecule has 1 aromatic rings. The van der Waals surface area contributed by atoms with Crippen LogP contribution in [0.2, 0.25) is 0 Å². The molecule has 0 aliphatic carbocycles. The molecule has 5 nitrogen and oxygen atoms in total. The van der Waals surface area contributed by atoms with Crippen LogP contribution in [0.15, 0.2) is 17.5 Å². The highest BCUT2D eigenvalue weighted by Crippen LogP contribution is 2.21. The predicted molar refractivity (Wildman–Crippen MR) is 67.3 cm³/mol. The molecule has 0 aliphatic rings. The summed E-state index contributed by atoms with van der Waals surface area (Å²) in [7, 11) is 0. The number of nitrogens with one attached hydrogen (secondary N) is 1. The highest BCUT2D eigenvalue weighted by Gasteiger charge is 2.20. The summed E-state index contributed by atoms with van der Waals surface area (Å²) in [4.78, 5) is 23.4. The van der Waals surface area contributed by atoms with Gasteiger partial charge in [0.1, 0.15) is 0 Å². The van der Waals surface area contributed by atoms with Crippen LogP contribution in [0.3, 0.4) is 0 Å². The first kappa shape index (κ1) is 13.7. The second kappa shape index (κ2) is 6.36. The summed E-state index contributed by atoms with van der Waals surface area (Å²) in [5, 5.41) is 4.76. The minimum Gasteiger partial charge on any atom is -0.370 e. The van der Waals surface area contributed by atoms with Crippen LogP contribution < -0.4 is 16.8 Å². The average Bonchev–Trinajstić information content (AvgIpc) is 2.77. The van der Waals surface area contributed by atoms with Crippen molar-refractivity contribution in [3.8, 4) is 0 Å². The van der Waals surface area contributed by atoms with Gasteiger partial charge >= 0.3 is 0 Å². The lowest BCUT2D eigenvalue weighted by molar-refractivity contribution is -0.126. The third kappa shape index (κ3) is 4.16. The molecule has 0 radical (unpaired) electrons. The summed E-state index contributed by atoms with van der Waals surface area (Å²) in [6, 6.07) is 2.96. The molecule has 1 aromatic heterocycles. The highest BCUT2D eigenvalue weighted by molar-refractivity contribution is 7.10. The summed E-state index contributed by atoms with van der Waals surface area (Å²) in [6.45, 7) is 1.98. The second-order valence-electron chi connectivity index (χ2n) is 3.76. The van der Waals surface area contributed by atoms with Crippen molar-refractivity contribution in [2.24, 2.45) is 11.5 Å². The molecule has 0 aliphatic heterocycles. The zero-order chi connectivity index (χ0) is 12.8. The van der Waals surface area contributed by atoms with E-state index in [2.05, 4.69) is 5.32 Å². The van der Waals surface area contributed by atoms with Gasteiger partial charge in [0.15, 0.2) is 0 Å². The van der Waals surface area contributed by atoms with Gasteiger partial charge in [-0.25, -0.2) is 0 Å². The van der Waals surface area contributed by atoms with Gasteiger partial charge in [0.2, 0.25) is 11.8 Å². The fourth-order valence-electron chi connectivity index (χ4n) is 1.45. The van der Waals surface area contributed by atoms with Crippen LogP contribution in [0, 0.1) is 0 Å². The molecule has 0 saturated carbocycles. The van der Waals surface area contributed by atoms with Gasteiger partial charge in [-0.3, -0.25) is 9.59 Å². The Kier molecular flexibility index (Phi) is 5.11. The standard InChI is InChI=1S/C11H17N3O2S/c1-2-8(9-4-3-5-17-9)14-11(16)7(12)6-10(13)15/h3-5,7-8H,2,6,12H2,1H3,(H2,13,15)(H,14,16). The lowest BCUT2D eigenvalue weighted by Crippen LogP contribution is -2.44. The molecule has 1 rings (SSSR count). The molecule has 2 atom stereocenters. The van der Waals surface area contributed by atoms with E-state index in [0.717, 1.165) is 11.3 Å². The first-order chi connectivity index (χ1) is 8.04. The van der Waals surface area contributed by atoms with Crippen molar-refractivity contribution in [3.63, 3.8) is 0 Å². The summed E-state index contributed by atoms with van der Waals surface area (Å²) < 4.78 is 0. The van der Waals surface area contributed by atoms with Gasteiger partial charge in [-0.2, -0.15) is 0 Å². The minimum absolute atomic E-state index is 0.0542. The van der Waals surface area contributed by atoms with Crippen LogP contribution in [0.5, 0.6) is 0 Å². The molecule has 2 amide bonds. The highest BCUT2D eigenvalue weighted by atomic mass is 32.1. The minimum atomic E-state index is -0.874. The summed E-state index contributed by atoms with van der Waals surface area (Å²) in [6.07, 6.45) is 0.641. The Morgan fingerprint density at radius 2 is 2.24 bits per heavy atom. The van der Waals surface area contributed by atoms with Gasteiger partial charge in [0.25, 0.3) is 0 Å². The van der Waals surface area contributed by atoms with Crippen LogP contribution in [-0.2, 0) is 9.59 Å². The van der Waals surface area contributed by atoms with Gasteiger partial charge in [-0.15, -0.1) is 11.3 Å². The number of nitrogens with two attached hydrogens (primary N) is 2. The molecule has 1 heterocycles. The van der Waals surface area contributed by atoms with Crippen molar-refractivity contribution in [3.05, 3.63) is 22.4 Å². The number of carbonyl (C=O) groups excluding carboxylic acids is 2. The van der Waals surface area contributed by atoms with E-state index in [1.807, 2.05) is 24.4 Å². The van der Waals surface area contributed by atoms with Crippen LogP contribution in [-0.4, -0.2) is 17.9 Å². The van der Waals surface area contributed by atoms with E-state index < -0.39 is 11.9 Å². The molecule has 6 heteroatoms. The maximum atomic E-state index is 11.7. The molecule has 5 N–H and O–H groups in total. The van der Waals surface area contributed by atoms with E-state index in [0.29, 0.717) is 0 Å². The number of hydrogen-bond donors (Lipinski definition) is 3. The molecule has 17 heavy (non-hydrogen) atoms. The SMILES string of the molecule is CCC(NC(=O)C(N)CC(N)=O)c1cccs1. The number of primary amides is 1. The summed E-state index contributed by atoms with van der Waals surface area (Å²) in [5.74, 6) is -0.916. The number of carbonyl (C=O) groups is 2. The van der Waals surface area contributed by atoms with E-state index in [1.165, 1.54) is 0 Å². The van der Waals surface area contributed by atoms with Crippen molar-refractivity contribution in [2.45, 2.75) is 31.8 Å². The van der Waals surface area contributed by atoms with E-state index in [-0.39, 0.29) is 18.4 Å². The Balaban J connectivity index is 2.57. The maximum absolute atomic E-state index is 11.7. The first-order valence-electron chi connectivity index (χ1n) is 5.42. The number of thiophene rings is 1. The molecule has 94 valence electrons. The third-order valence-corrected chi connectivity index (χ3v) is 3.36. The van der Waals surface area contributed by atoms with Gasteiger partial charge in [-0.1, -0.05) is 13.0 Å². The van der Waals surface area contributed by atoms with Gasteiger partial charge in [0, 0.05) is 4.88 Å². The lowest BCUT2D eigenvalue weighted by Gasteiger charge is -2.18. The molecule has 0 fully saturated rings. The number of hydrogen-bond acceptors (Lipinski definition) is 4. The summed E-state index contributed by atoms with van der Waals surface area (Å²) in [5.41, 5.74) is 10.6. The Hall–Kier alpha value is -1.40. The normalized spacial score (nSPS) is 14.0. The van der Waals surface area contributed by atoms with Gasteiger partial charge in [0.05, 0.1) is 18.5 Å². The van der Waals surface area contributed by atoms with Crippen molar-refractivity contribution in [1.82, 2.24) is 5.32 Å². The predicted octanol–water partition coefficient (Wildman–Crippen LogP) is 0.518. The molecule has 0 aromatic carbocycles. The molecular weight excluding hydrogens is 238 g/mol. The van der Waals surface area contributed by atoms with E-state index >= 15 is 0 Å². The van der Waals surface area contributed by atoms with E-state index in [4.69, 9.17) is 11.5 Å². The van der Waals surface area contributed by atoms with Crippen molar-refractivity contribution >= 4 is 23.2 Å². The fourth-order valence-corrected chi connectivity index (χ4v) is 2.31. The Labute approximate surface area is 104 Å². The van der Waals surface area contributed by atoms with Crippen LogP contribution in [0.1, 0.15) is 30.7 Å². The largest absolute Gasteiger partial charge is 0.370 e.